The van der Waals surface area contributed by atoms with E-state index in [-0.39, 0.29) is 5.95 Å². The van der Waals surface area contributed by atoms with Gasteiger partial charge in [0.15, 0.2) is 0 Å². The maximum absolute atomic E-state index is 12.9. The van der Waals surface area contributed by atoms with Gasteiger partial charge in [0.05, 0.1) is 28.8 Å². The molecule has 4 aromatic heterocycles. The summed E-state index contributed by atoms with van der Waals surface area (Å²) >= 11 is 0. The number of aromatic nitrogens is 6. The number of fused-ring (bicyclic) bond motifs is 2. The monoisotopic (exact) mass is 399 g/mol. The van der Waals surface area contributed by atoms with Gasteiger partial charge in [-0.3, -0.25) is 0 Å². The van der Waals surface area contributed by atoms with Crippen LogP contribution >= 0.6 is 0 Å². The Morgan fingerprint density at radius 1 is 1.14 bits per heavy atom. The van der Waals surface area contributed by atoms with Crippen molar-refractivity contribution in [3.8, 4) is 0 Å². The molecule has 0 spiro atoms. The lowest BCUT2D eigenvalue weighted by Crippen LogP contribution is -2.37. The summed E-state index contributed by atoms with van der Waals surface area (Å²) in [6.45, 7) is 2.49. The van der Waals surface area contributed by atoms with Crippen LogP contribution in [0.25, 0.3) is 5.52 Å². The molecule has 0 saturated carbocycles. The molecule has 0 radical (unpaired) electrons. The third-order valence-corrected chi connectivity index (χ3v) is 5.12. The van der Waals surface area contributed by atoms with Crippen molar-refractivity contribution in [2.75, 3.05) is 11.4 Å². The molecule has 0 unspecified atom stereocenters. The van der Waals surface area contributed by atoms with Crippen LogP contribution in [0, 0.1) is 6.92 Å². The molecule has 10 heteroatoms. The number of nitrogens with one attached hydrogen (secondary N) is 1. The zero-order valence-electron chi connectivity index (χ0n) is 15.4. The number of pyridine rings is 1. The van der Waals surface area contributed by atoms with Crippen molar-refractivity contribution in [1.29, 1.82) is 0 Å². The summed E-state index contributed by atoms with van der Waals surface area (Å²) in [5, 5.41) is 4.73. The van der Waals surface area contributed by atoms with E-state index in [0.29, 0.717) is 13.0 Å². The molecule has 0 amide bonds. The summed E-state index contributed by atoms with van der Waals surface area (Å²) in [7, 11) is 0. The fraction of sp³-hybridized carbons (Fsp3) is 0.263. The number of aryl methyl sites for hydroxylation is 1. The van der Waals surface area contributed by atoms with Crippen LogP contribution in [0.1, 0.15) is 34.4 Å². The first-order chi connectivity index (χ1) is 13.9. The lowest BCUT2D eigenvalue weighted by atomic mass is 10.0. The van der Waals surface area contributed by atoms with Crippen molar-refractivity contribution in [1.82, 2.24) is 29.5 Å². The van der Waals surface area contributed by atoms with Crippen LogP contribution < -0.4 is 4.90 Å². The molecule has 0 fully saturated rings. The average Bonchev–Trinajstić information content (AvgIpc) is 3.34. The van der Waals surface area contributed by atoms with E-state index in [4.69, 9.17) is 5.10 Å². The fourth-order valence-corrected chi connectivity index (χ4v) is 3.71. The van der Waals surface area contributed by atoms with Crippen molar-refractivity contribution in [2.45, 2.75) is 25.6 Å². The molecule has 0 aliphatic carbocycles. The summed E-state index contributed by atoms with van der Waals surface area (Å²) in [5.74, 6) is 0.213. The molecular formula is C19H16F3N7. The van der Waals surface area contributed by atoms with Crippen LogP contribution in [0.5, 0.6) is 0 Å². The average molecular weight is 399 g/mol. The highest BCUT2D eigenvalue weighted by Crippen LogP contribution is 2.36. The van der Waals surface area contributed by atoms with Crippen LogP contribution in [-0.4, -0.2) is 36.1 Å². The van der Waals surface area contributed by atoms with Gasteiger partial charge in [-0.05, 0) is 25.1 Å². The first-order valence-corrected chi connectivity index (χ1v) is 9.05. The quantitative estimate of drug-likeness (QED) is 0.560. The van der Waals surface area contributed by atoms with E-state index < -0.39 is 17.8 Å². The number of anilines is 1. The fourth-order valence-electron chi connectivity index (χ4n) is 3.71. The summed E-state index contributed by atoms with van der Waals surface area (Å²) in [6, 6.07) is 7.42. The molecule has 4 aromatic rings. The zero-order valence-corrected chi connectivity index (χ0v) is 15.4. The molecule has 1 atom stereocenters. The van der Waals surface area contributed by atoms with Gasteiger partial charge in [0.1, 0.15) is 6.04 Å². The van der Waals surface area contributed by atoms with Gasteiger partial charge in [0.25, 0.3) is 0 Å². The number of nitrogens with zero attached hydrogens (tertiary/aromatic N) is 6. The van der Waals surface area contributed by atoms with Gasteiger partial charge in [-0.15, -0.1) is 0 Å². The van der Waals surface area contributed by atoms with Crippen molar-refractivity contribution < 1.29 is 13.2 Å². The van der Waals surface area contributed by atoms with Crippen LogP contribution in [0.2, 0.25) is 0 Å². The molecule has 5 rings (SSSR count). The number of hydrogen-bond acceptors (Lipinski definition) is 5. The largest absolute Gasteiger partial charge is 0.419 e. The molecule has 7 nitrogen and oxygen atoms in total. The zero-order chi connectivity index (χ0) is 20.2. The molecule has 5 heterocycles. The first kappa shape index (κ1) is 17.7. The Bertz CT molecular complexity index is 1180. The highest BCUT2D eigenvalue weighted by molar-refractivity contribution is 5.53. The first-order valence-electron chi connectivity index (χ1n) is 9.05. The Balaban J connectivity index is 1.61. The van der Waals surface area contributed by atoms with Gasteiger partial charge in [-0.25, -0.2) is 19.5 Å². The van der Waals surface area contributed by atoms with Gasteiger partial charge < -0.3 is 9.88 Å². The summed E-state index contributed by atoms with van der Waals surface area (Å²) in [6.07, 6.45) is -0.576. The van der Waals surface area contributed by atoms with Crippen molar-refractivity contribution in [3.05, 3.63) is 71.3 Å². The molecule has 0 aromatic carbocycles. The lowest BCUT2D eigenvalue weighted by Gasteiger charge is -2.33. The topological polar surface area (TPSA) is 75.0 Å². The van der Waals surface area contributed by atoms with E-state index >= 15 is 0 Å². The second kappa shape index (κ2) is 6.29. The van der Waals surface area contributed by atoms with E-state index in [1.165, 1.54) is 0 Å². The Morgan fingerprint density at radius 3 is 2.66 bits per heavy atom. The Kier molecular flexibility index (Phi) is 3.83. The maximum Gasteiger partial charge on any atom is 0.419 e. The van der Waals surface area contributed by atoms with Crippen LogP contribution in [0.4, 0.5) is 19.1 Å². The summed E-state index contributed by atoms with van der Waals surface area (Å²) in [4.78, 5) is 17.4. The third-order valence-electron chi connectivity index (χ3n) is 5.12. The lowest BCUT2D eigenvalue weighted by molar-refractivity contribution is -0.138. The van der Waals surface area contributed by atoms with Crippen LogP contribution in [0.15, 0.2) is 43.0 Å². The summed E-state index contributed by atoms with van der Waals surface area (Å²) < 4.78 is 40.5. The van der Waals surface area contributed by atoms with Gasteiger partial charge in [0, 0.05) is 36.7 Å². The van der Waals surface area contributed by atoms with E-state index in [2.05, 4.69) is 19.9 Å². The molecule has 0 saturated heterocycles. The number of aromatic amines is 1. The number of alkyl halides is 3. The second-order valence-electron chi connectivity index (χ2n) is 6.95. The standard InChI is InChI=1S/C19H16F3N7/c1-11-3-2-4-13-7-15(27-29(11)13)17-16-14(25-10-26-16)5-6-28(17)18-23-8-12(9-24-18)19(20,21)22/h2-4,7-10,17H,5-6H2,1H3,(H,25,26)/t17-/m1/s1. The third kappa shape index (κ3) is 2.91. The van der Waals surface area contributed by atoms with Crippen molar-refractivity contribution in [3.63, 3.8) is 0 Å². The van der Waals surface area contributed by atoms with Gasteiger partial charge in [-0.1, -0.05) is 6.07 Å². The molecule has 1 N–H and O–H groups in total. The molecular weight excluding hydrogens is 383 g/mol. The molecule has 1 aliphatic heterocycles. The van der Waals surface area contributed by atoms with Crippen LogP contribution in [0.3, 0.4) is 0 Å². The number of hydrogen-bond donors (Lipinski definition) is 1. The normalized spacial score (nSPS) is 17.0. The van der Waals surface area contributed by atoms with E-state index in [1.54, 1.807) is 6.33 Å². The minimum atomic E-state index is -4.48. The molecule has 1 aliphatic rings. The predicted molar refractivity (Wildman–Crippen MR) is 98.4 cm³/mol. The maximum atomic E-state index is 12.9. The summed E-state index contributed by atoms with van der Waals surface area (Å²) in [5.41, 5.74) is 3.52. The Labute approximate surface area is 163 Å². The predicted octanol–water partition coefficient (Wildman–Crippen LogP) is 3.33. The van der Waals surface area contributed by atoms with Gasteiger partial charge in [0.2, 0.25) is 5.95 Å². The Hall–Kier alpha value is -3.43. The highest BCUT2D eigenvalue weighted by Gasteiger charge is 2.36. The molecule has 148 valence electrons. The van der Waals surface area contributed by atoms with Crippen molar-refractivity contribution >= 4 is 11.5 Å². The van der Waals surface area contributed by atoms with Gasteiger partial charge in [-0.2, -0.15) is 18.3 Å². The smallest absolute Gasteiger partial charge is 0.348 e. The molecule has 0 bridgehead atoms. The van der Waals surface area contributed by atoms with Crippen molar-refractivity contribution in [2.24, 2.45) is 0 Å². The number of imidazole rings is 1. The van der Waals surface area contributed by atoms with E-state index in [1.807, 2.05) is 40.6 Å². The number of rotatable bonds is 2. The Morgan fingerprint density at radius 2 is 1.93 bits per heavy atom. The van der Waals surface area contributed by atoms with E-state index in [9.17, 15) is 13.2 Å². The highest BCUT2D eigenvalue weighted by atomic mass is 19.4. The molecule has 29 heavy (non-hydrogen) atoms. The minimum absolute atomic E-state index is 0.213. The second-order valence-corrected chi connectivity index (χ2v) is 6.95. The minimum Gasteiger partial charge on any atom is -0.348 e. The SMILES string of the molecule is Cc1cccc2cc([C@@H]3c4nc[nH]c4CCN3c3ncc(C(F)(F)F)cn3)nn12. The van der Waals surface area contributed by atoms with Gasteiger partial charge >= 0.3 is 6.18 Å². The number of halogens is 3. The number of H-pyrrole nitrogens is 1. The van der Waals surface area contributed by atoms with E-state index in [0.717, 1.165) is 40.7 Å². The van der Waals surface area contributed by atoms with Crippen LogP contribution in [-0.2, 0) is 12.6 Å².